The molecule has 1 aliphatic carbocycles. The Morgan fingerprint density at radius 1 is 1.47 bits per heavy atom. The number of aromatic hydroxyl groups is 1. The van der Waals surface area contributed by atoms with Crippen LogP contribution >= 0.6 is 24.0 Å². The Kier molecular flexibility index (Phi) is 3.82. The topological polar surface area (TPSA) is 46.2 Å². The number of phenols is 1. The number of rotatable bonds is 2. The van der Waals surface area contributed by atoms with Crippen molar-refractivity contribution in [3.05, 3.63) is 28.5 Å². The highest BCUT2D eigenvalue weighted by Crippen LogP contribution is 2.43. The lowest BCUT2D eigenvalue weighted by molar-refractivity contribution is 0.453. The quantitative estimate of drug-likeness (QED) is 0.849. The summed E-state index contributed by atoms with van der Waals surface area (Å²) in [6.07, 6.45) is 2.07. The van der Waals surface area contributed by atoms with Crippen molar-refractivity contribution >= 4 is 24.0 Å². The maximum absolute atomic E-state index is 13.0. The van der Waals surface area contributed by atoms with Crippen LogP contribution in [0.15, 0.2) is 12.1 Å². The molecule has 0 radical (unpaired) electrons. The molecule has 0 bridgehead atoms. The Morgan fingerprint density at radius 2 is 2.07 bits per heavy atom. The summed E-state index contributed by atoms with van der Waals surface area (Å²) in [6.45, 7) is 0. The van der Waals surface area contributed by atoms with Crippen LogP contribution in [0.3, 0.4) is 0 Å². The Labute approximate surface area is 98.6 Å². The van der Waals surface area contributed by atoms with Gasteiger partial charge in [-0.05, 0) is 30.9 Å². The van der Waals surface area contributed by atoms with Gasteiger partial charge in [0.2, 0.25) is 0 Å². The third-order valence-corrected chi connectivity index (χ3v) is 2.83. The van der Waals surface area contributed by atoms with E-state index >= 15 is 0 Å². The minimum absolute atomic E-state index is 0. The Balaban J connectivity index is 0.00000112. The van der Waals surface area contributed by atoms with E-state index in [0.29, 0.717) is 11.5 Å². The van der Waals surface area contributed by atoms with E-state index in [2.05, 4.69) is 0 Å². The van der Waals surface area contributed by atoms with Gasteiger partial charge in [0.05, 0.1) is 5.02 Å². The summed E-state index contributed by atoms with van der Waals surface area (Å²) in [7, 11) is 0. The first kappa shape index (κ1) is 12.6. The van der Waals surface area contributed by atoms with Crippen LogP contribution in [-0.4, -0.2) is 5.11 Å². The second-order valence-corrected chi connectivity index (χ2v) is 4.10. The average molecular weight is 252 g/mol. The largest absolute Gasteiger partial charge is 0.506 e. The maximum atomic E-state index is 13.0. The summed E-state index contributed by atoms with van der Waals surface area (Å²) in [5.41, 5.74) is 6.27. The molecule has 2 nitrogen and oxygen atoms in total. The second-order valence-electron chi connectivity index (χ2n) is 3.69. The van der Waals surface area contributed by atoms with Gasteiger partial charge in [-0.3, -0.25) is 0 Å². The SMILES string of the molecule is Cl.N[C@@H](c1cc(F)cc(Cl)c1O)C1CC1. The summed E-state index contributed by atoms with van der Waals surface area (Å²) in [6, 6.07) is 2.03. The molecule has 0 heterocycles. The smallest absolute Gasteiger partial charge is 0.139 e. The van der Waals surface area contributed by atoms with E-state index < -0.39 is 5.82 Å². The first-order chi connectivity index (χ1) is 6.59. The van der Waals surface area contributed by atoms with E-state index in [1.807, 2.05) is 0 Å². The lowest BCUT2D eigenvalue weighted by atomic mass is 10.0. The zero-order valence-electron chi connectivity index (χ0n) is 7.91. The van der Waals surface area contributed by atoms with Gasteiger partial charge in [0, 0.05) is 11.6 Å². The molecule has 1 aliphatic rings. The molecule has 0 amide bonds. The normalized spacial score (nSPS) is 17.0. The standard InChI is InChI=1S/C10H11ClFNO.ClH/c11-8-4-6(12)3-7(10(8)14)9(13)5-1-2-5;/h3-5,9,14H,1-2,13H2;1H/t9-;/m1./s1. The molecule has 5 heteroatoms. The van der Waals surface area contributed by atoms with Crippen molar-refractivity contribution in [1.82, 2.24) is 0 Å². The van der Waals surface area contributed by atoms with Gasteiger partial charge in [-0.15, -0.1) is 12.4 Å². The lowest BCUT2D eigenvalue weighted by Crippen LogP contribution is -2.12. The fourth-order valence-corrected chi connectivity index (χ4v) is 1.76. The molecule has 0 unspecified atom stereocenters. The van der Waals surface area contributed by atoms with E-state index in [1.54, 1.807) is 0 Å². The highest BCUT2D eigenvalue weighted by Gasteiger charge is 2.31. The summed E-state index contributed by atoms with van der Waals surface area (Å²) in [4.78, 5) is 0. The molecule has 1 aromatic carbocycles. The van der Waals surface area contributed by atoms with Gasteiger partial charge in [-0.1, -0.05) is 11.6 Å². The average Bonchev–Trinajstić information content (AvgIpc) is 2.93. The molecule has 84 valence electrons. The fraction of sp³-hybridized carbons (Fsp3) is 0.400. The predicted octanol–water partition coefficient (Wildman–Crippen LogP) is 3.02. The molecule has 0 saturated heterocycles. The Morgan fingerprint density at radius 3 is 2.60 bits per heavy atom. The first-order valence-corrected chi connectivity index (χ1v) is 4.91. The molecule has 0 aliphatic heterocycles. The number of hydrogen-bond acceptors (Lipinski definition) is 2. The number of phenolic OH excluding ortho intramolecular Hbond substituents is 1. The van der Waals surface area contributed by atoms with E-state index in [-0.39, 0.29) is 29.2 Å². The highest BCUT2D eigenvalue weighted by atomic mass is 35.5. The minimum atomic E-state index is -0.459. The lowest BCUT2D eigenvalue weighted by Gasteiger charge is -2.13. The maximum Gasteiger partial charge on any atom is 0.139 e. The molecule has 3 N–H and O–H groups in total. The molecule has 1 aromatic rings. The number of halogens is 3. The van der Waals surface area contributed by atoms with Crippen LogP contribution in [0.25, 0.3) is 0 Å². The Hall–Kier alpha value is -0.510. The van der Waals surface area contributed by atoms with Crippen LogP contribution < -0.4 is 5.73 Å². The first-order valence-electron chi connectivity index (χ1n) is 4.53. The van der Waals surface area contributed by atoms with Crippen LogP contribution in [0.5, 0.6) is 5.75 Å². The molecule has 1 saturated carbocycles. The van der Waals surface area contributed by atoms with Crippen LogP contribution in [0.1, 0.15) is 24.4 Å². The molecule has 1 atom stereocenters. The fourth-order valence-electron chi connectivity index (χ4n) is 1.55. The highest BCUT2D eigenvalue weighted by molar-refractivity contribution is 6.32. The van der Waals surface area contributed by atoms with E-state index in [4.69, 9.17) is 17.3 Å². The van der Waals surface area contributed by atoms with Crippen molar-refractivity contribution in [1.29, 1.82) is 0 Å². The predicted molar refractivity (Wildman–Crippen MR) is 60.0 cm³/mol. The van der Waals surface area contributed by atoms with Crippen molar-refractivity contribution < 1.29 is 9.50 Å². The minimum Gasteiger partial charge on any atom is -0.506 e. The summed E-state index contributed by atoms with van der Waals surface area (Å²) in [5, 5.41) is 9.61. The number of nitrogens with two attached hydrogens (primary N) is 1. The van der Waals surface area contributed by atoms with Gasteiger partial charge in [0.1, 0.15) is 11.6 Å². The van der Waals surface area contributed by atoms with E-state index in [0.717, 1.165) is 18.9 Å². The third-order valence-electron chi connectivity index (χ3n) is 2.55. The van der Waals surface area contributed by atoms with Gasteiger partial charge in [0.15, 0.2) is 0 Å². The van der Waals surface area contributed by atoms with Crippen molar-refractivity contribution in [2.24, 2.45) is 11.7 Å². The number of hydrogen-bond donors (Lipinski definition) is 2. The van der Waals surface area contributed by atoms with Crippen LogP contribution in [0.2, 0.25) is 5.02 Å². The molecule has 0 spiro atoms. The molecule has 0 aromatic heterocycles. The van der Waals surface area contributed by atoms with E-state index in [9.17, 15) is 9.50 Å². The zero-order valence-corrected chi connectivity index (χ0v) is 9.48. The number of benzene rings is 1. The van der Waals surface area contributed by atoms with Gasteiger partial charge >= 0.3 is 0 Å². The van der Waals surface area contributed by atoms with Crippen LogP contribution in [0, 0.1) is 11.7 Å². The van der Waals surface area contributed by atoms with Crippen LogP contribution in [-0.2, 0) is 0 Å². The zero-order chi connectivity index (χ0) is 10.3. The molecule has 2 rings (SSSR count). The van der Waals surface area contributed by atoms with Crippen molar-refractivity contribution in [2.45, 2.75) is 18.9 Å². The van der Waals surface area contributed by atoms with Gasteiger partial charge in [-0.25, -0.2) is 4.39 Å². The van der Waals surface area contributed by atoms with Gasteiger partial charge in [0.25, 0.3) is 0 Å². The third kappa shape index (κ3) is 2.54. The van der Waals surface area contributed by atoms with E-state index in [1.165, 1.54) is 6.07 Å². The summed E-state index contributed by atoms with van der Waals surface area (Å²) >= 11 is 5.64. The molecular weight excluding hydrogens is 240 g/mol. The van der Waals surface area contributed by atoms with Gasteiger partial charge in [-0.2, -0.15) is 0 Å². The second kappa shape index (κ2) is 4.56. The van der Waals surface area contributed by atoms with Crippen molar-refractivity contribution in [3.63, 3.8) is 0 Å². The molecular formula is C10H12Cl2FNO. The van der Waals surface area contributed by atoms with Crippen LogP contribution in [0.4, 0.5) is 4.39 Å². The molecule has 15 heavy (non-hydrogen) atoms. The summed E-state index contributed by atoms with van der Waals surface area (Å²) in [5.74, 6) is -0.190. The molecule has 1 fully saturated rings. The van der Waals surface area contributed by atoms with Gasteiger partial charge < -0.3 is 10.8 Å². The van der Waals surface area contributed by atoms with Crippen molar-refractivity contribution in [3.8, 4) is 5.75 Å². The van der Waals surface area contributed by atoms with Crippen molar-refractivity contribution in [2.75, 3.05) is 0 Å². The Bertz CT molecular complexity index is 369. The summed E-state index contributed by atoms with van der Waals surface area (Å²) < 4.78 is 13.0. The monoisotopic (exact) mass is 251 g/mol.